The number of aliphatic hydroxyl groups is 1. The molecule has 0 saturated carbocycles. The number of β-amino-alcohol motifs (C(OH)–C–C–N with tert-alkyl or cyclic N) is 1. The molecule has 128 valence electrons. The monoisotopic (exact) mass is 319 g/mol. The highest BCUT2D eigenvalue weighted by atomic mass is 16.3. The quantitative estimate of drug-likeness (QED) is 0.856. The maximum absolute atomic E-state index is 12.9. The van der Waals surface area contributed by atoms with Crippen LogP contribution in [-0.2, 0) is 4.79 Å². The Morgan fingerprint density at radius 1 is 1.17 bits per heavy atom. The smallest absolute Gasteiger partial charge is 0.244 e. The molecule has 2 rings (SSSR count). The van der Waals surface area contributed by atoms with Crippen molar-refractivity contribution in [2.75, 3.05) is 46.8 Å². The van der Waals surface area contributed by atoms with Crippen molar-refractivity contribution in [3.63, 3.8) is 0 Å². The van der Waals surface area contributed by atoms with Crippen molar-refractivity contribution in [3.05, 3.63) is 35.9 Å². The number of nitrogens with zero attached hydrogens (tertiary/aromatic N) is 3. The van der Waals surface area contributed by atoms with Crippen molar-refractivity contribution in [1.82, 2.24) is 14.7 Å². The van der Waals surface area contributed by atoms with Crippen LogP contribution in [0.25, 0.3) is 0 Å². The minimum absolute atomic E-state index is 0.164. The van der Waals surface area contributed by atoms with Crippen LogP contribution in [-0.4, -0.2) is 78.6 Å². The first kappa shape index (κ1) is 17.9. The van der Waals surface area contributed by atoms with Crippen LogP contribution in [0.3, 0.4) is 0 Å². The molecule has 0 aromatic heterocycles. The third kappa shape index (κ3) is 4.77. The van der Waals surface area contributed by atoms with Crippen molar-refractivity contribution < 1.29 is 9.90 Å². The van der Waals surface area contributed by atoms with Gasteiger partial charge in [0.2, 0.25) is 5.91 Å². The SMILES string of the molecule is CC[C@@H](O)CN1CCN(C(=O)[C@H](c2ccccc2)N(C)C)CC1. The molecule has 1 heterocycles. The van der Waals surface area contributed by atoms with Gasteiger partial charge in [0.25, 0.3) is 0 Å². The Hall–Kier alpha value is -1.43. The van der Waals surface area contributed by atoms with E-state index in [2.05, 4.69) is 4.90 Å². The molecule has 5 heteroatoms. The third-order valence-electron chi connectivity index (χ3n) is 4.49. The maximum atomic E-state index is 12.9. The Morgan fingerprint density at radius 3 is 2.30 bits per heavy atom. The lowest BCUT2D eigenvalue weighted by Gasteiger charge is -2.38. The molecule has 0 spiro atoms. The van der Waals surface area contributed by atoms with Gasteiger partial charge in [-0.15, -0.1) is 0 Å². The van der Waals surface area contributed by atoms with Crippen LogP contribution in [0.1, 0.15) is 24.9 Å². The highest BCUT2D eigenvalue weighted by molar-refractivity contribution is 5.83. The molecule has 1 aromatic rings. The van der Waals surface area contributed by atoms with E-state index in [1.165, 1.54) is 0 Å². The number of amides is 1. The number of rotatable bonds is 6. The van der Waals surface area contributed by atoms with E-state index in [-0.39, 0.29) is 18.1 Å². The third-order valence-corrected chi connectivity index (χ3v) is 4.49. The maximum Gasteiger partial charge on any atom is 0.244 e. The second-order valence-electron chi connectivity index (χ2n) is 6.46. The van der Waals surface area contributed by atoms with Crippen LogP contribution in [0.4, 0.5) is 0 Å². The number of carbonyl (C=O) groups excluding carboxylic acids is 1. The highest BCUT2D eigenvalue weighted by Gasteiger charge is 2.30. The van der Waals surface area contributed by atoms with Gasteiger partial charge in [-0.05, 0) is 26.1 Å². The fraction of sp³-hybridized carbons (Fsp3) is 0.611. The molecule has 0 bridgehead atoms. The zero-order chi connectivity index (χ0) is 16.8. The Balaban J connectivity index is 1.97. The standard InChI is InChI=1S/C18H29N3O2/c1-4-16(22)14-20-10-12-21(13-11-20)18(23)17(19(2)3)15-8-6-5-7-9-15/h5-9,16-17,22H,4,10-14H2,1-3H3/t16-,17+/m1/s1. The number of carbonyl (C=O) groups is 1. The Kier molecular flexibility index (Phi) is 6.57. The lowest BCUT2D eigenvalue weighted by Crippen LogP contribution is -2.52. The molecule has 1 aliphatic heterocycles. The molecular formula is C18H29N3O2. The minimum Gasteiger partial charge on any atom is -0.392 e. The molecule has 0 aliphatic carbocycles. The number of hydrogen-bond acceptors (Lipinski definition) is 4. The molecule has 1 fully saturated rings. The van der Waals surface area contributed by atoms with Gasteiger partial charge in [0, 0.05) is 32.7 Å². The van der Waals surface area contributed by atoms with Gasteiger partial charge in [-0.2, -0.15) is 0 Å². The summed E-state index contributed by atoms with van der Waals surface area (Å²) < 4.78 is 0. The molecule has 1 saturated heterocycles. The van der Waals surface area contributed by atoms with Gasteiger partial charge in [0.1, 0.15) is 6.04 Å². The molecule has 2 atom stereocenters. The van der Waals surface area contributed by atoms with E-state index in [1.807, 2.05) is 61.2 Å². The van der Waals surface area contributed by atoms with Crippen LogP contribution >= 0.6 is 0 Å². The summed E-state index contributed by atoms with van der Waals surface area (Å²) in [7, 11) is 3.90. The molecule has 0 radical (unpaired) electrons. The minimum atomic E-state index is -0.268. The molecule has 5 nitrogen and oxygen atoms in total. The number of piperazine rings is 1. The fourth-order valence-corrected chi connectivity index (χ4v) is 3.05. The zero-order valence-corrected chi connectivity index (χ0v) is 14.5. The van der Waals surface area contributed by atoms with Crippen LogP contribution in [0.2, 0.25) is 0 Å². The molecule has 1 aliphatic rings. The van der Waals surface area contributed by atoms with Gasteiger partial charge in [-0.1, -0.05) is 37.3 Å². The fourth-order valence-electron chi connectivity index (χ4n) is 3.05. The van der Waals surface area contributed by atoms with E-state index in [0.717, 1.165) is 38.2 Å². The Labute approximate surface area is 139 Å². The second kappa shape index (κ2) is 8.43. The van der Waals surface area contributed by atoms with E-state index in [4.69, 9.17) is 0 Å². The number of likely N-dealkylation sites (N-methyl/N-ethyl adjacent to an activating group) is 1. The number of hydrogen-bond donors (Lipinski definition) is 1. The van der Waals surface area contributed by atoms with Crippen molar-refractivity contribution in [2.24, 2.45) is 0 Å². The summed E-state index contributed by atoms with van der Waals surface area (Å²) in [6.07, 6.45) is 0.506. The van der Waals surface area contributed by atoms with Gasteiger partial charge in [0.15, 0.2) is 0 Å². The lowest BCUT2D eigenvalue weighted by molar-refractivity contribution is -0.138. The Morgan fingerprint density at radius 2 is 1.78 bits per heavy atom. The van der Waals surface area contributed by atoms with E-state index in [0.29, 0.717) is 6.54 Å². The summed E-state index contributed by atoms with van der Waals surface area (Å²) in [6, 6.07) is 9.71. The first-order valence-electron chi connectivity index (χ1n) is 8.43. The molecule has 1 aromatic carbocycles. The van der Waals surface area contributed by atoms with Crippen molar-refractivity contribution in [2.45, 2.75) is 25.5 Å². The van der Waals surface area contributed by atoms with E-state index < -0.39 is 0 Å². The van der Waals surface area contributed by atoms with Gasteiger partial charge in [-0.25, -0.2) is 0 Å². The van der Waals surface area contributed by atoms with Crippen LogP contribution in [0.5, 0.6) is 0 Å². The predicted octanol–water partition coefficient (Wildman–Crippen LogP) is 1.20. The first-order valence-corrected chi connectivity index (χ1v) is 8.43. The topological polar surface area (TPSA) is 47.0 Å². The second-order valence-corrected chi connectivity index (χ2v) is 6.46. The van der Waals surface area contributed by atoms with Gasteiger partial charge in [0.05, 0.1) is 6.10 Å². The van der Waals surface area contributed by atoms with Crippen LogP contribution in [0.15, 0.2) is 30.3 Å². The largest absolute Gasteiger partial charge is 0.392 e. The summed E-state index contributed by atoms with van der Waals surface area (Å²) >= 11 is 0. The van der Waals surface area contributed by atoms with Crippen molar-refractivity contribution in [1.29, 1.82) is 0 Å². The van der Waals surface area contributed by atoms with Gasteiger partial charge >= 0.3 is 0 Å². The van der Waals surface area contributed by atoms with Gasteiger partial charge in [-0.3, -0.25) is 14.6 Å². The highest BCUT2D eigenvalue weighted by Crippen LogP contribution is 2.21. The molecular weight excluding hydrogens is 290 g/mol. The Bertz CT molecular complexity index is 484. The van der Waals surface area contributed by atoms with Gasteiger partial charge < -0.3 is 10.0 Å². The van der Waals surface area contributed by atoms with Crippen LogP contribution < -0.4 is 0 Å². The lowest BCUT2D eigenvalue weighted by atomic mass is 10.0. The van der Waals surface area contributed by atoms with E-state index in [1.54, 1.807) is 0 Å². The summed E-state index contributed by atoms with van der Waals surface area (Å²) in [5.41, 5.74) is 1.03. The number of aliphatic hydroxyl groups excluding tert-OH is 1. The molecule has 23 heavy (non-hydrogen) atoms. The summed E-state index contributed by atoms with van der Waals surface area (Å²) in [5.74, 6) is 0.164. The predicted molar refractivity (Wildman–Crippen MR) is 92.2 cm³/mol. The number of benzene rings is 1. The molecule has 1 N–H and O–H groups in total. The molecule has 1 amide bonds. The first-order chi connectivity index (χ1) is 11.0. The molecule has 0 unspecified atom stereocenters. The van der Waals surface area contributed by atoms with Crippen molar-refractivity contribution in [3.8, 4) is 0 Å². The summed E-state index contributed by atoms with van der Waals surface area (Å²) in [4.78, 5) is 19.1. The summed E-state index contributed by atoms with van der Waals surface area (Å²) in [6.45, 7) is 5.81. The summed E-state index contributed by atoms with van der Waals surface area (Å²) in [5, 5.41) is 9.77. The van der Waals surface area contributed by atoms with E-state index in [9.17, 15) is 9.90 Å². The average Bonchev–Trinajstić information content (AvgIpc) is 2.56. The van der Waals surface area contributed by atoms with Crippen LogP contribution in [0, 0.1) is 0 Å². The van der Waals surface area contributed by atoms with E-state index >= 15 is 0 Å². The average molecular weight is 319 g/mol. The zero-order valence-electron chi connectivity index (χ0n) is 14.5. The van der Waals surface area contributed by atoms with Crippen molar-refractivity contribution >= 4 is 5.91 Å². The normalized spacial score (nSPS) is 18.9.